The highest BCUT2D eigenvalue weighted by Crippen LogP contribution is 2.11. The number of nitrogens with zero attached hydrogens (tertiary/aromatic N) is 2. The third kappa shape index (κ3) is 5.62. The van der Waals surface area contributed by atoms with E-state index in [9.17, 15) is 0 Å². The van der Waals surface area contributed by atoms with Crippen LogP contribution in [0.1, 0.15) is 18.9 Å². The van der Waals surface area contributed by atoms with Crippen molar-refractivity contribution in [2.24, 2.45) is 10.7 Å². The second-order valence-electron chi connectivity index (χ2n) is 5.52. The van der Waals surface area contributed by atoms with Crippen LogP contribution in [0.5, 0.6) is 0 Å². The largest absolute Gasteiger partial charge is 0.384 e. The summed E-state index contributed by atoms with van der Waals surface area (Å²) in [6.07, 6.45) is 2.59. The quantitative estimate of drug-likeness (QED) is 0.598. The SMILES string of the molecule is CC/C(=C/C(N)=NCCN1CCOCC1)C(=N)c1ccccc1. The Morgan fingerprint density at radius 2 is 2.00 bits per heavy atom. The molecule has 0 bridgehead atoms. The Hall–Kier alpha value is -1.98. The molecule has 0 radical (unpaired) electrons. The van der Waals surface area contributed by atoms with Gasteiger partial charge in [0.2, 0.25) is 0 Å². The Morgan fingerprint density at radius 1 is 1.30 bits per heavy atom. The van der Waals surface area contributed by atoms with E-state index in [2.05, 4.69) is 9.89 Å². The molecule has 1 aliphatic rings. The maximum Gasteiger partial charge on any atom is 0.118 e. The van der Waals surface area contributed by atoms with Gasteiger partial charge < -0.3 is 10.5 Å². The van der Waals surface area contributed by atoms with E-state index in [0.717, 1.165) is 50.4 Å². The summed E-state index contributed by atoms with van der Waals surface area (Å²) in [6, 6.07) is 9.72. The second kappa shape index (κ2) is 9.22. The standard InChI is InChI=1S/C18H26N4O/c1-2-15(18(20)16-6-4-3-5-7-16)14-17(19)21-8-9-22-10-12-23-13-11-22/h3-7,14,20H,2,8-13H2,1H3,(H2,19,21)/b15-14-,20-18?. The number of hydrogen-bond acceptors (Lipinski definition) is 4. The third-order valence-electron chi connectivity index (χ3n) is 3.90. The number of nitrogens with two attached hydrogens (primary N) is 1. The molecule has 0 spiro atoms. The molecule has 3 N–H and O–H groups in total. The molecular weight excluding hydrogens is 288 g/mol. The van der Waals surface area contributed by atoms with Gasteiger partial charge in [-0.1, -0.05) is 37.3 Å². The van der Waals surface area contributed by atoms with Gasteiger partial charge in [-0.15, -0.1) is 0 Å². The smallest absolute Gasteiger partial charge is 0.118 e. The summed E-state index contributed by atoms with van der Waals surface area (Å²) in [5.74, 6) is 0.496. The first-order chi connectivity index (χ1) is 11.2. The number of hydrogen-bond donors (Lipinski definition) is 2. The van der Waals surface area contributed by atoms with E-state index in [-0.39, 0.29) is 0 Å². The zero-order valence-corrected chi connectivity index (χ0v) is 13.8. The first-order valence-corrected chi connectivity index (χ1v) is 8.15. The number of nitrogens with one attached hydrogen (secondary N) is 1. The van der Waals surface area contributed by atoms with Crippen molar-refractivity contribution in [3.8, 4) is 0 Å². The van der Waals surface area contributed by atoms with Crippen LogP contribution in [-0.2, 0) is 4.74 Å². The minimum atomic E-state index is 0.496. The molecule has 124 valence electrons. The van der Waals surface area contributed by atoms with Crippen molar-refractivity contribution in [2.45, 2.75) is 13.3 Å². The molecule has 0 aliphatic carbocycles. The van der Waals surface area contributed by atoms with Gasteiger partial charge in [0.15, 0.2) is 0 Å². The van der Waals surface area contributed by atoms with Crippen LogP contribution in [0.25, 0.3) is 0 Å². The van der Waals surface area contributed by atoms with Crippen LogP contribution in [0.3, 0.4) is 0 Å². The van der Waals surface area contributed by atoms with Crippen LogP contribution in [-0.4, -0.2) is 55.8 Å². The van der Waals surface area contributed by atoms with Crippen molar-refractivity contribution in [3.05, 3.63) is 47.5 Å². The molecule has 5 heteroatoms. The number of morpholine rings is 1. The Bertz CT molecular complexity index is 560. The second-order valence-corrected chi connectivity index (χ2v) is 5.52. The molecule has 5 nitrogen and oxygen atoms in total. The van der Waals surface area contributed by atoms with E-state index >= 15 is 0 Å². The van der Waals surface area contributed by atoms with Crippen LogP contribution >= 0.6 is 0 Å². The normalized spacial score (nSPS) is 17.3. The van der Waals surface area contributed by atoms with Crippen LogP contribution in [0.2, 0.25) is 0 Å². The maximum absolute atomic E-state index is 8.32. The van der Waals surface area contributed by atoms with Crippen molar-refractivity contribution in [2.75, 3.05) is 39.4 Å². The molecule has 1 aliphatic heterocycles. The Balaban J connectivity index is 1.93. The van der Waals surface area contributed by atoms with E-state index in [0.29, 0.717) is 18.1 Å². The number of amidine groups is 1. The monoisotopic (exact) mass is 314 g/mol. The maximum atomic E-state index is 8.32. The minimum Gasteiger partial charge on any atom is -0.384 e. The summed E-state index contributed by atoms with van der Waals surface area (Å²) >= 11 is 0. The predicted molar refractivity (Wildman–Crippen MR) is 95.4 cm³/mol. The Kier molecular flexibility index (Phi) is 6.97. The molecular formula is C18H26N4O. The number of benzene rings is 1. The molecule has 2 rings (SSSR count). The summed E-state index contributed by atoms with van der Waals surface area (Å²) < 4.78 is 5.33. The molecule has 1 aromatic rings. The van der Waals surface area contributed by atoms with Crippen molar-refractivity contribution >= 4 is 11.5 Å². The van der Waals surface area contributed by atoms with E-state index in [1.807, 2.05) is 43.3 Å². The number of aliphatic imine (C=N–C) groups is 1. The van der Waals surface area contributed by atoms with Crippen molar-refractivity contribution in [3.63, 3.8) is 0 Å². The minimum absolute atomic E-state index is 0.496. The Labute approximate surface area is 138 Å². The lowest BCUT2D eigenvalue weighted by Crippen LogP contribution is -2.37. The number of rotatable bonds is 7. The third-order valence-corrected chi connectivity index (χ3v) is 3.90. The lowest BCUT2D eigenvalue weighted by atomic mass is 10.00. The number of ether oxygens (including phenoxy) is 1. The molecule has 0 saturated carbocycles. The average Bonchev–Trinajstić information content (AvgIpc) is 2.61. The van der Waals surface area contributed by atoms with Gasteiger partial charge in [0.05, 0.1) is 25.5 Å². The van der Waals surface area contributed by atoms with Gasteiger partial charge in [0.1, 0.15) is 5.84 Å². The molecule has 1 aromatic carbocycles. The highest BCUT2D eigenvalue weighted by atomic mass is 16.5. The molecule has 0 amide bonds. The van der Waals surface area contributed by atoms with Crippen LogP contribution in [0.4, 0.5) is 0 Å². The van der Waals surface area contributed by atoms with Gasteiger partial charge >= 0.3 is 0 Å². The first-order valence-electron chi connectivity index (χ1n) is 8.15. The summed E-state index contributed by atoms with van der Waals surface area (Å²) in [7, 11) is 0. The van der Waals surface area contributed by atoms with Crippen molar-refractivity contribution in [1.29, 1.82) is 5.41 Å². The van der Waals surface area contributed by atoms with Gasteiger partial charge in [-0.2, -0.15) is 0 Å². The van der Waals surface area contributed by atoms with Crippen LogP contribution < -0.4 is 5.73 Å². The molecule has 1 fully saturated rings. The van der Waals surface area contributed by atoms with Gasteiger partial charge in [0, 0.05) is 19.6 Å². The molecule has 23 heavy (non-hydrogen) atoms. The highest BCUT2D eigenvalue weighted by Gasteiger charge is 2.09. The fourth-order valence-electron chi connectivity index (χ4n) is 2.51. The fraction of sp³-hybridized carbons (Fsp3) is 0.444. The van der Waals surface area contributed by atoms with Crippen molar-refractivity contribution in [1.82, 2.24) is 4.90 Å². The topological polar surface area (TPSA) is 74.7 Å². The fourth-order valence-corrected chi connectivity index (χ4v) is 2.51. The van der Waals surface area contributed by atoms with E-state index in [1.165, 1.54) is 0 Å². The van der Waals surface area contributed by atoms with Crippen molar-refractivity contribution < 1.29 is 4.74 Å². The zero-order valence-electron chi connectivity index (χ0n) is 13.8. The van der Waals surface area contributed by atoms with Gasteiger partial charge in [0.25, 0.3) is 0 Å². The number of allylic oxidation sites excluding steroid dienone is 1. The molecule has 0 aromatic heterocycles. The summed E-state index contributed by atoms with van der Waals surface area (Å²) in [4.78, 5) is 6.75. The average molecular weight is 314 g/mol. The van der Waals surface area contributed by atoms with Crippen LogP contribution in [0, 0.1) is 5.41 Å². The first kappa shape index (κ1) is 17.4. The van der Waals surface area contributed by atoms with Crippen LogP contribution in [0.15, 0.2) is 47.0 Å². The Morgan fingerprint density at radius 3 is 2.65 bits per heavy atom. The highest BCUT2D eigenvalue weighted by molar-refractivity contribution is 6.13. The molecule has 0 atom stereocenters. The zero-order chi connectivity index (χ0) is 16.5. The summed E-state index contributed by atoms with van der Waals surface area (Å²) in [5, 5.41) is 8.32. The van der Waals surface area contributed by atoms with E-state index < -0.39 is 0 Å². The molecule has 0 unspecified atom stereocenters. The lowest BCUT2D eigenvalue weighted by molar-refractivity contribution is 0.0394. The summed E-state index contributed by atoms with van der Waals surface area (Å²) in [6.45, 7) is 7.13. The van der Waals surface area contributed by atoms with Gasteiger partial charge in [-0.25, -0.2) is 0 Å². The molecule has 1 heterocycles. The summed E-state index contributed by atoms with van der Waals surface area (Å²) in [5.41, 5.74) is 8.34. The van der Waals surface area contributed by atoms with E-state index in [1.54, 1.807) is 0 Å². The van der Waals surface area contributed by atoms with Gasteiger partial charge in [-0.05, 0) is 23.6 Å². The lowest BCUT2D eigenvalue weighted by Gasteiger charge is -2.25. The van der Waals surface area contributed by atoms with Gasteiger partial charge in [-0.3, -0.25) is 15.3 Å². The predicted octanol–water partition coefficient (Wildman–Crippen LogP) is 2.08. The van der Waals surface area contributed by atoms with E-state index in [4.69, 9.17) is 15.9 Å². The molecule has 1 saturated heterocycles.